The van der Waals surface area contributed by atoms with Gasteiger partial charge in [0.1, 0.15) is 0 Å². The number of benzene rings is 1. The first-order valence-electron chi connectivity index (χ1n) is 7.77. The van der Waals surface area contributed by atoms with Crippen LogP contribution in [0.25, 0.3) is 11.3 Å². The monoisotopic (exact) mass is 549 g/mol. The number of nitrogens with zero attached hydrogens (tertiary/aromatic N) is 1. The molecular formula is C20H23BrIrN-. The van der Waals surface area contributed by atoms with E-state index in [1.165, 1.54) is 11.1 Å². The zero-order valence-electron chi connectivity index (χ0n) is 14.5. The smallest absolute Gasteiger partial charge is 0.0341 e. The van der Waals surface area contributed by atoms with Gasteiger partial charge >= 0.3 is 0 Å². The van der Waals surface area contributed by atoms with Gasteiger partial charge in [0.25, 0.3) is 0 Å². The second-order valence-corrected chi connectivity index (χ2v) is 8.83. The van der Waals surface area contributed by atoms with E-state index in [0.29, 0.717) is 0 Å². The van der Waals surface area contributed by atoms with Crippen molar-refractivity contribution in [2.75, 3.05) is 0 Å². The number of halogens is 1. The first kappa shape index (κ1) is 18.8. The summed E-state index contributed by atoms with van der Waals surface area (Å²) in [5.74, 6) is 0. The van der Waals surface area contributed by atoms with Crippen LogP contribution >= 0.6 is 15.9 Å². The molecule has 1 aliphatic carbocycles. The van der Waals surface area contributed by atoms with E-state index in [2.05, 4.69) is 80.7 Å². The Hall–Kier alpha value is -0.501. The predicted molar refractivity (Wildman–Crippen MR) is 96.0 cm³/mol. The number of rotatable bonds is 1. The summed E-state index contributed by atoms with van der Waals surface area (Å²) in [6.07, 6.45) is 1.84. The maximum Gasteiger partial charge on any atom is 0.0341 e. The second-order valence-electron chi connectivity index (χ2n) is 7.91. The maximum atomic E-state index is 4.52. The molecule has 2 aromatic rings. The van der Waals surface area contributed by atoms with Crippen molar-refractivity contribution in [1.29, 1.82) is 0 Å². The van der Waals surface area contributed by atoms with Gasteiger partial charge in [-0.3, -0.25) is 0 Å². The molecule has 1 radical (unpaired) electrons. The summed E-state index contributed by atoms with van der Waals surface area (Å²) in [5, 5.41) is 0. The van der Waals surface area contributed by atoms with Crippen molar-refractivity contribution in [2.45, 2.75) is 52.4 Å². The van der Waals surface area contributed by atoms with E-state index < -0.39 is 0 Å². The van der Waals surface area contributed by atoms with Gasteiger partial charge in [0.2, 0.25) is 0 Å². The van der Waals surface area contributed by atoms with Crippen LogP contribution in [0.5, 0.6) is 0 Å². The van der Waals surface area contributed by atoms with Crippen LogP contribution in [-0.2, 0) is 30.9 Å². The number of aromatic nitrogens is 1. The fourth-order valence-corrected chi connectivity index (χ4v) is 3.90. The maximum absolute atomic E-state index is 4.52. The molecule has 0 fully saturated rings. The van der Waals surface area contributed by atoms with Crippen molar-refractivity contribution in [2.24, 2.45) is 5.41 Å². The molecule has 3 rings (SSSR count). The number of hydrogen-bond donors (Lipinski definition) is 0. The summed E-state index contributed by atoms with van der Waals surface area (Å²) in [6.45, 7) is 14.2. The van der Waals surface area contributed by atoms with E-state index in [1.54, 1.807) is 0 Å². The summed E-state index contributed by atoms with van der Waals surface area (Å²) in [6, 6.07) is 12.0. The third-order valence-electron chi connectivity index (χ3n) is 6.43. The van der Waals surface area contributed by atoms with Gasteiger partial charge in [0.05, 0.1) is 0 Å². The van der Waals surface area contributed by atoms with Gasteiger partial charge in [-0.1, -0.05) is 53.7 Å². The van der Waals surface area contributed by atoms with Crippen molar-refractivity contribution in [3.05, 3.63) is 52.1 Å². The third kappa shape index (κ3) is 2.56. The fraction of sp³-hybridized carbons (Fsp3) is 0.450. The second kappa shape index (κ2) is 5.79. The zero-order valence-corrected chi connectivity index (χ0v) is 18.5. The average Bonchev–Trinajstić information content (AvgIpc) is 2.56. The van der Waals surface area contributed by atoms with Crippen molar-refractivity contribution in [3.8, 4) is 11.3 Å². The Labute approximate surface area is 161 Å². The van der Waals surface area contributed by atoms with Crippen LogP contribution in [0.2, 0.25) is 0 Å². The summed E-state index contributed by atoms with van der Waals surface area (Å²) < 4.78 is 1.00. The Morgan fingerprint density at radius 2 is 1.57 bits per heavy atom. The quantitative estimate of drug-likeness (QED) is 0.404. The molecule has 3 heteroatoms. The van der Waals surface area contributed by atoms with Crippen molar-refractivity contribution < 1.29 is 20.1 Å². The minimum Gasteiger partial charge on any atom is -0.304 e. The van der Waals surface area contributed by atoms with Crippen molar-refractivity contribution in [1.82, 2.24) is 4.98 Å². The molecule has 0 N–H and O–H groups in total. The Balaban J connectivity index is 0.00000192. The Kier molecular flexibility index (Phi) is 4.74. The number of hydrogen-bond acceptors (Lipinski definition) is 1. The first-order chi connectivity index (χ1) is 10.1. The Morgan fingerprint density at radius 1 is 0.957 bits per heavy atom. The number of fused-ring (bicyclic) bond motifs is 1. The molecule has 23 heavy (non-hydrogen) atoms. The Morgan fingerprint density at radius 3 is 2.13 bits per heavy atom. The van der Waals surface area contributed by atoms with Crippen molar-refractivity contribution in [3.63, 3.8) is 0 Å². The van der Waals surface area contributed by atoms with Gasteiger partial charge < -0.3 is 4.98 Å². The summed E-state index contributed by atoms with van der Waals surface area (Å²) >= 11 is 3.44. The molecular weight excluding hydrogens is 526 g/mol. The predicted octanol–water partition coefficient (Wildman–Crippen LogP) is 5.90. The molecule has 0 aliphatic heterocycles. The molecule has 0 saturated carbocycles. The van der Waals surface area contributed by atoms with Crippen LogP contribution in [0.15, 0.2) is 34.9 Å². The molecule has 0 bridgehead atoms. The van der Waals surface area contributed by atoms with Gasteiger partial charge in [-0.2, -0.15) is 0 Å². The normalized spacial score (nSPS) is 19.8. The number of pyridine rings is 1. The molecule has 0 saturated heterocycles. The largest absolute Gasteiger partial charge is 0.304 e. The molecule has 1 heterocycles. The van der Waals surface area contributed by atoms with E-state index in [4.69, 9.17) is 0 Å². The standard InChI is InChI=1S/C20H23BrN.Ir/c1-18(2)15-9-7-13(17-10-8-14(21)12-22-17)11-16(15)19(3,4)20(18,5)6;/h8-12H,1-6H3;/q-1;. The molecule has 0 unspecified atom stereocenters. The molecule has 1 nitrogen and oxygen atoms in total. The molecule has 1 aromatic carbocycles. The van der Waals surface area contributed by atoms with E-state index in [9.17, 15) is 0 Å². The minimum atomic E-state index is 0. The SMILES string of the molecule is CC1(C)c2c[c-]c(-c3ccc(Br)cn3)cc2C(C)(C)C1(C)C.[Ir]. The fourth-order valence-electron chi connectivity index (χ4n) is 3.66. The zero-order chi connectivity index (χ0) is 16.3. The summed E-state index contributed by atoms with van der Waals surface area (Å²) in [4.78, 5) is 4.52. The molecule has 0 spiro atoms. The topological polar surface area (TPSA) is 12.9 Å². The average molecular weight is 550 g/mol. The van der Waals surface area contributed by atoms with Crippen LogP contribution < -0.4 is 0 Å². The molecule has 0 atom stereocenters. The van der Waals surface area contributed by atoms with Crippen LogP contribution in [-0.4, -0.2) is 4.98 Å². The van der Waals surface area contributed by atoms with E-state index in [-0.39, 0.29) is 36.4 Å². The van der Waals surface area contributed by atoms with Crippen LogP contribution in [0.1, 0.15) is 52.7 Å². The third-order valence-corrected chi connectivity index (χ3v) is 6.89. The summed E-state index contributed by atoms with van der Waals surface area (Å²) in [5.41, 5.74) is 5.34. The Bertz CT molecular complexity index is 730. The van der Waals surface area contributed by atoms with Gasteiger partial charge in [-0.25, -0.2) is 0 Å². The van der Waals surface area contributed by atoms with Gasteiger partial charge in [0.15, 0.2) is 0 Å². The molecule has 1 aliphatic rings. The van der Waals surface area contributed by atoms with E-state index in [0.717, 1.165) is 15.7 Å². The first-order valence-corrected chi connectivity index (χ1v) is 8.57. The van der Waals surface area contributed by atoms with Crippen LogP contribution in [0.3, 0.4) is 0 Å². The molecule has 1 aromatic heterocycles. The van der Waals surface area contributed by atoms with E-state index in [1.807, 2.05) is 18.3 Å². The van der Waals surface area contributed by atoms with Gasteiger partial charge in [-0.15, -0.1) is 34.9 Å². The molecule has 125 valence electrons. The van der Waals surface area contributed by atoms with Crippen LogP contribution in [0, 0.1) is 11.5 Å². The van der Waals surface area contributed by atoms with E-state index >= 15 is 0 Å². The van der Waals surface area contributed by atoms with Crippen molar-refractivity contribution >= 4 is 15.9 Å². The van der Waals surface area contributed by atoms with Gasteiger partial charge in [-0.05, 0) is 37.9 Å². The van der Waals surface area contributed by atoms with Gasteiger partial charge in [0, 0.05) is 30.8 Å². The van der Waals surface area contributed by atoms with Crippen LogP contribution in [0.4, 0.5) is 0 Å². The minimum absolute atomic E-state index is 0. The summed E-state index contributed by atoms with van der Waals surface area (Å²) in [7, 11) is 0. The molecule has 0 amide bonds.